The predicted octanol–water partition coefficient (Wildman–Crippen LogP) is 6.70. The average molecular weight is 498 g/mol. The van der Waals surface area contributed by atoms with Crippen LogP contribution in [0.1, 0.15) is 37.7 Å². The summed E-state index contributed by atoms with van der Waals surface area (Å²) < 4.78 is 1.15. The molecule has 1 saturated heterocycles. The van der Waals surface area contributed by atoms with Crippen LogP contribution in [-0.2, 0) is 0 Å². The smallest absolute Gasteiger partial charge is 0.138 e. The van der Waals surface area contributed by atoms with Crippen molar-refractivity contribution in [1.82, 2.24) is 0 Å². The van der Waals surface area contributed by atoms with Gasteiger partial charge in [0.2, 0.25) is 0 Å². The quantitative estimate of drug-likeness (QED) is 0.436. The van der Waals surface area contributed by atoms with Crippen molar-refractivity contribution >= 4 is 38.6 Å². The maximum atomic E-state index is 11.3. The summed E-state index contributed by atoms with van der Waals surface area (Å²) in [6.07, 6.45) is 1.72. The van der Waals surface area contributed by atoms with Gasteiger partial charge < -0.3 is 14.9 Å². The third-order valence-electron chi connectivity index (χ3n) is 6.83. The van der Waals surface area contributed by atoms with Crippen LogP contribution in [0.5, 0.6) is 0 Å². The molecule has 31 heavy (non-hydrogen) atoms. The number of hydrogen-bond donors (Lipinski definition) is 1. The van der Waals surface area contributed by atoms with Crippen molar-refractivity contribution in [3.05, 3.63) is 81.5 Å². The summed E-state index contributed by atoms with van der Waals surface area (Å²) in [6, 6.07) is 26.1. The third-order valence-corrected chi connectivity index (χ3v) is 8.49. The second-order valence-corrected chi connectivity index (χ2v) is 12.1. The second kappa shape index (κ2) is 8.27. The van der Waals surface area contributed by atoms with Crippen molar-refractivity contribution in [2.75, 3.05) is 16.3 Å². The standard InChI is InChI=1S/C26H29BrN2OS/c1-26(2)15-21-20(22(30)16-26)17-28(18-9-5-3-6-10-18)25(23-13-14-24(27)31-23)29(21)19-11-7-4-8-12-19/h3-14,20-22,25,30H,15-17H2,1-2H3. The Kier molecular flexibility index (Phi) is 5.61. The first-order valence-electron chi connectivity index (χ1n) is 11.0. The van der Waals surface area contributed by atoms with Gasteiger partial charge in [0.05, 0.1) is 9.89 Å². The highest BCUT2D eigenvalue weighted by atomic mass is 79.9. The Labute approximate surface area is 197 Å². The summed E-state index contributed by atoms with van der Waals surface area (Å²) in [4.78, 5) is 6.40. The van der Waals surface area contributed by atoms with Gasteiger partial charge in [-0.05, 0) is 70.6 Å². The molecular formula is C26H29BrN2OS. The van der Waals surface area contributed by atoms with Crippen molar-refractivity contribution in [3.8, 4) is 0 Å². The van der Waals surface area contributed by atoms with E-state index in [1.165, 1.54) is 16.3 Å². The Morgan fingerprint density at radius 3 is 2.16 bits per heavy atom. The molecule has 0 radical (unpaired) electrons. The molecule has 1 saturated carbocycles. The summed E-state index contributed by atoms with van der Waals surface area (Å²) in [5, 5.41) is 11.3. The van der Waals surface area contributed by atoms with E-state index in [4.69, 9.17) is 0 Å². The molecule has 0 amide bonds. The molecule has 0 bridgehead atoms. The van der Waals surface area contributed by atoms with E-state index in [0.717, 1.165) is 23.2 Å². The molecule has 1 N–H and O–H groups in total. The molecule has 3 aromatic rings. The van der Waals surface area contributed by atoms with Gasteiger partial charge in [-0.25, -0.2) is 0 Å². The van der Waals surface area contributed by atoms with E-state index in [-0.39, 0.29) is 29.6 Å². The van der Waals surface area contributed by atoms with Gasteiger partial charge >= 0.3 is 0 Å². The van der Waals surface area contributed by atoms with E-state index in [2.05, 4.69) is 112 Å². The van der Waals surface area contributed by atoms with E-state index >= 15 is 0 Å². The normalized spacial score (nSPS) is 27.7. The van der Waals surface area contributed by atoms with E-state index < -0.39 is 0 Å². The zero-order chi connectivity index (χ0) is 21.6. The van der Waals surface area contributed by atoms with Crippen LogP contribution in [0.3, 0.4) is 0 Å². The Morgan fingerprint density at radius 2 is 1.55 bits per heavy atom. The van der Waals surface area contributed by atoms with Crippen LogP contribution in [0.25, 0.3) is 0 Å². The molecule has 1 aromatic heterocycles. The lowest BCUT2D eigenvalue weighted by Crippen LogP contribution is -2.63. The number of anilines is 2. The minimum Gasteiger partial charge on any atom is -0.393 e. The number of benzene rings is 2. The highest BCUT2D eigenvalue weighted by Crippen LogP contribution is 2.50. The first kappa shape index (κ1) is 21.0. The molecule has 2 fully saturated rings. The number of aliphatic hydroxyl groups excluding tert-OH is 1. The molecule has 5 rings (SSSR count). The zero-order valence-corrected chi connectivity index (χ0v) is 20.4. The Bertz CT molecular complexity index is 1020. The highest BCUT2D eigenvalue weighted by molar-refractivity contribution is 9.11. The van der Waals surface area contributed by atoms with E-state index in [1.807, 2.05) is 0 Å². The molecule has 2 aliphatic rings. The van der Waals surface area contributed by atoms with Crippen molar-refractivity contribution < 1.29 is 5.11 Å². The first-order chi connectivity index (χ1) is 14.9. The fourth-order valence-electron chi connectivity index (χ4n) is 5.54. The molecule has 1 aliphatic heterocycles. The van der Waals surface area contributed by atoms with Crippen LogP contribution < -0.4 is 9.80 Å². The number of hydrogen-bond acceptors (Lipinski definition) is 4. The zero-order valence-electron chi connectivity index (χ0n) is 18.0. The number of rotatable bonds is 3. The van der Waals surface area contributed by atoms with Crippen molar-refractivity contribution in [2.45, 2.75) is 45.0 Å². The topological polar surface area (TPSA) is 26.7 Å². The Morgan fingerprint density at radius 1 is 0.903 bits per heavy atom. The molecule has 2 heterocycles. The van der Waals surface area contributed by atoms with E-state index in [0.29, 0.717) is 0 Å². The van der Waals surface area contributed by atoms with Gasteiger partial charge in [-0.15, -0.1) is 11.3 Å². The second-order valence-electron chi connectivity index (χ2n) is 9.62. The van der Waals surface area contributed by atoms with Crippen molar-refractivity contribution in [1.29, 1.82) is 0 Å². The molecule has 4 atom stereocenters. The first-order valence-corrected chi connectivity index (χ1v) is 12.6. The largest absolute Gasteiger partial charge is 0.393 e. The third kappa shape index (κ3) is 4.04. The number of thiophene rings is 1. The fraction of sp³-hybridized carbons (Fsp3) is 0.385. The summed E-state index contributed by atoms with van der Waals surface area (Å²) in [6.45, 7) is 5.46. The van der Waals surface area contributed by atoms with Crippen LogP contribution in [0.15, 0.2) is 76.6 Å². The summed E-state index contributed by atoms with van der Waals surface area (Å²) >= 11 is 5.49. The maximum absolute atomic E-state index is 11.3. The summed E-state index contributed by atoms with van der Waals surface area (Å²) in [5.74, 6) is 0.202. The van der Waals surface area contributed by atoms with Gasteiger partial charge in [0.15, 0.2) is 0 Å². The van der Waals surface area contributed by atoms with Crippen LogP contribution >= 0.6 is 27.3 Å². The lowest BCUT2D eigenvalue weighted by molar-refractivity contribution is -0.00703. The van der Waals surface area contributed by atoms with Crippen molar-refractivity contribution in [2.24, 2.45) is 11.3 Å². The minimum atomic E-state index is -0.304. The van der Waals surface area contributed by atoms with E-state index in [1.54, 1.807) is 11.3 Å². The Hall–Kier alpha value is -1.82. The van der Waals surface area contributed by atoms with Crippen LogP contribution in [-0.4, -0.2) is 23.8 Å². The molecule has 1 aliphatic carbocycles. The van der Waals surface area contributed by atoms with Crippen molar-refractivity contribution in [3.63, 3.8) is 0 Å². The molecule has 162 valence electrons. The number of para-hydroxylation sites is 2. The molecule has 2 aromatic carbocycles. The number of halogens is 1. The molecule has 3 nitrogen and oxygen atoms in total. The van der Waals surface area contributed by atoms with Gasteiger partial charge in [0, 0.05) is 34.8 Å². The maximum Gasteiger partial charge on any atom is 0.138 e. The summed E-state index contributed by atoms with van der Waals surface area (Å²) in [5.41, 5.74) is 2.54. The van der Waals surface area contributed by atoms with E-state index in [9.17, 15) is 5.11 Å². The molecular weight excluding hydrogens is 468 g/mol. The number of aliphatic hydroxyl groups is 1. The monoisotopic (exact) mass is 496 g/mol. The minimum absolute atomic E-state index is 0.0865. The predicted molar refractivity (Wildman–Crippen MR) is 134 cm³/mol. The lowest BCUT2D eigenvalue weighted by Gasteiger charge is -2.58. The van der Waals surface area contributed by atoms with Crippen LogP contribution in [0, 0.1) is 11.3 Å². The Balaban J connectivity index is 1.69. The SMILES string of the molecule is CC1(C)CC(O)C2CN(c3ccccc3)C(c3ccc(Br)s3)N(c3ccccc3)C2C1. The van der Waals surface area contributed by atoms with Crippen LogP contribution in [0.2, 0.25) is 0 Å². The van der Waals surface area contributed by atoms with Gasteiger partial charge in [-0.3, -0.25) is 0 Å². The van der Waals surface area contributed by atoms with Crippen LogP contribution in [0.4, 0.5) is 11.4 Å². The highest BCUT2D eigenvalue weighted by Gasteiger charge is 2.50. The average Bonchev–Trinajstić information content (AvgIpc) is 3.19. The number of nitrogens with zero attached hydrogens (tertiary/aromatic N) is 2. The molecule has 5 heteroatoms. The fourth-order valence-corrected chi connectivity index (χ4v) is 7.07. The summed E-state index contributed by atoms with van der Waals surface area (Å²) in [7, 11) is 0. The lowest BCUT2D eigenvalue weighted by atomic mass is 9.67. The van der Waals surface area contributed by atoms with Gasteiger partial charge in [0.1, 0.15) is 6.17 Å². The molecule has 4 unspecified atom stereocenters. The molecule has 0 spiro atoms. The number of fused-ring (bicyclic) bond motifs is 1. The van der Waals surface area contributed by atoms with Gasteiger partial charge in [-0.2, -0.15) is 0 Å². The van der Waals surface area contributed by atoms with Gasteiger partial charge in [0.25, 0.3) is 0 Å². The van der Waals surface area contributed by atoms with Gasteiger partial charge in [-0.1, -0.05) is 50.2 Å².